The molecule has 0 spiro atoms. The average Bonchev–Trinajstić information content (AvgIpc) is 2.83. The van der Waals surface area contributed by atoms with Gasteiger partial charge < -0.3 is 15.2 Å². The number of nitrogens with two attached hydrogens (primary N) is 1. The highest BCUT2D eigenvalue weighted by atomic mass is 79.9. The normalized spacial score (nSPS) is 12.2. The molecule has 0 saturated heterocycles. The lowest BCUT2D eigenvalue weighted by Crippen LogP contribution is -2.17. The lowest BCUT2D eigenvalue weighted by Gasteiger charge is -2.17. The van der Waals surface area contributed by atoms with Crippen molar-refractivity contribution in [3.05, 3.63) is 45.1 Å². The Labute approximate surface area is 119 Å². The summed E-state index contributed by atoms with van der Waals surface area (Å²) in [6.45, 7) is 0.422. The van der Waals surface area contributed by atoms with Crippen molar-refractivity contribution in [3.63, 3.8) is 0 Å². The van der Waals surface area contributed by atoms with Gasteiger partial charge in [-0.15, -0.1) is 11.3 Å². The maximum absolute atomic E-state index is 5.92. The van der Waals surface area contributed by atoms with Crippen molar-refractivity contribution >= 4 is 27.3 Å². The summed E-state index contributed by atoms with van der Waals surface area (Å²) in [6, 6.07) is 11.6. The lowest BCUT2D eigenvalue weighted by molar-refractivity contribution is 0.208. The van der Waals surface area contributed by atoms with E-state index in [0.29, 0.717) is 18.0 Å². The van der Waals surface area contributed by atoms with E-state index in [9.17, 15) is 0 Å². The summed E-state index contributed by atoms with van der Waals surface area (Å²) in [7, 11) is 1.63. The monoisotopic (exact) mass is 327 g/mol. The molecule has 0 fully saturated rings. The molecule has 2 N–H and O–H groups in total. The maximum Gasteiger partial charge on any atom is 0.162 e. The van der Waals surface area contributed by atoms with Gasteiger partial charge in [-0.25, -0.2) is 0 Å². The second-order valence-corrected chi connectivity index (χ2v) is 6.13. The largest absolute Gasteiger partial charge is 0.493 e. The van der Waals surface area contributed by atoms with Gasteiger partial charge in [0.05, 0.1) is 10.9 Å². The van der Waals surface area contributed by atoms with Gasteiger partial charge in [-0.2, -0.15) is 0 Å². The SMILES string of the molecule is COc1ccccc1OC(CN)c1ccc(Br)s1. The highest BCUT2D eigenvalue weighted by molar-refractivity contribution is 9.11. The first-order valence-electron chi connectivity index (χ1n) is 5.49. The molecule has 3 nitrogen and oxygen atoms in total. The number of para-hydroxylation sites is 2. The molecule has 96 valence electrons. The van der Waals surface area contributed by atoms with Crippen molar-refractivity contribution in [2.45, 2.75) is 6.10 Å². The van der Waals surface area contributed by atoms with Gasteiger partial charge in [0.2, 0.25) is 0 Å². The zero-order chi connectivity index (χ0) is 13.0. The van der Waals surface area contributed by atoms with Crippen molar-refractivity contribution < 1.29 is 9.47 Å². The molecule has 1 aromatic carbocycles. The van der Waals surface area contributed by atoms with Crippen LogP contribution in [0.3, 0.4) is 0 Å². The van der Waals surface area contributed by atoms with E-state index in [-0.39, 0.29) is 6.10 Å². The van der Waals surface area contributed by atoms with Crippen LogP contribution in [-0.2, 0) is 0 Å². The van der Waals surface area contributed by atoms with Crippen molar-refractivity contribution in [2.75, 3.05) is 13.7 Å². The third kappa shape index (κ3) is 3.04. The molecule has 0 aliphatic rings. The van der Waals surface area contributed by atoms with Gasteiger partial charge >= 0.3 is 0 Å². The predicted molar refractivity (Wildman–Crippen MR) is 77.4 cm³/mol. The Hall–Kier alpha value is -1.04. The van der Waals surface area contributed by atoms with Gasteiger partial charge in [-0.05, 0) is 40.2 Å². The molecule has 0 bridgehead atoms. The standard InChI is InChI=1S/C13H14BrNO2S/c1-16-9-4-2-3-5-10(9)17-11(8-15)12-6-7-13(14)18-12/h2-7,11H,8,15H2,1H3. The molecule has 0 saturated carbocycles. The van der Waals surface area contributed by atoms with Gasteiger partial charge in [0.25, 0.3) is 0 Å². The van der Waals surface area contributed by atoms with E-state index in [1.54, 1.807) is 18.4 Å². The minimum Gasteiger partial charge on any atom is -0.493 e. The Morgan fingerprint density at radius 1 is 1.22 bits per heavy atom. The minimum absolute atomic E-state index is 0.155. The summed E-state index contributed by atoms with van der Waals surface area (Å²) in [5.74, 6) is 1.42. The van der Waals surface area contributed by atoms with E-state index >= 15 is 0 Å². The smallest absolute Gasteiger partial charge is 0.162 e. The summed E-state index contributed by atoms with van der Waals surface area (Å²) < 4.78 is 12.3. The van der Waals surface area contributed by atoms with Crippen molar-refractivity contribution in [2.24, 2.45) is 5.73 Å². The van der Waals surface area contributed by atoms with Crippen molar-refractivity contribution in [1.29, 1.82) is 0 Å². The first-order chi connectivity index (χ1) is 8.74. The molecule has 18 heavy (non-hydrogen) atoms. The number of ether oxygens (including phenoxy) is 2. The van der Waals surface area contributed by atoms with Gasteiger partial charge in [-0.3, -0.25) is 0 Å². The molecule has 2 aromatic rings. The predicted octanol–water partition coefficient (Wildman–Crippen LogP) is 3.60. The lowest BCUT2D eigenvalue weighted by atomic mass is 10.2. The fourth-order valence-corrected chi connectivity index (χ4v) is 3.06. The first kappa shape index (κ1) is 13.4. The number of benzene rings is 1. The maximum atomic E-state index is 5.92. The molecule has 1 unspecified atom stereocenters. The van der Waals surface area contributed by atoms with Crippen LogP contribution in [0, 0.1) is 0 Å². The molecule has 5 heteroatoms. The summed E-state index contributed by atoms with van der Waals surface area (Å²) in [5.41, 5.74) is 5.78. The van der Waals surface area contributed by atoms with Crippen LogP contribution in [0.4, 0.5) is 0 Å². The number of hydrogen-bond donors (Lipinski definition) is 1. The molecular formula is C13H14BrNO2S. The van der Waals surface area contributed by atoms with Gasteiger partial charge in [0.15, 0.2) is 11.5 Å². The second kappa shape index (κ2) is 6.22. The first-order valence-corrected chi connectivity index (χ1v) is 7.10. The van der Waals surface area contributed by atoms with E-state index < -0.39 is 0 Å². The summed E-state index contributed by atoms with van der Waals surface area (Å²) in [4.78, 5) is 1.09. The van der Waals surface area contributed by atoms with Crippen LogP contribution in [0.2, 0.25) is 0 Å². The van der Waals surface area contributed by atoms with E-state index in [2.05, 4.69) is 15.9 Å². The van der Waals surface area contributed by atoms with Crippen LogP contribution in [0.25, 0.3) is 0 Å². The Morgan fingerprint density at radius 3 is 2.50 bits per heavy atom. The molecule has 2 rings (SSSR count). The molecule has 0 amide bonds. The minimum atomic E-state index is -0.155. The van der Waals surface area contributed by atoms with Crippen LogP contribution in [-0.4, -0.2) is 13.7 Å². The Balaban J connectivity index is 2.20. The average molecular weight is 328 g/mol. The molecule has 1 heterocycles. The molecule has 0 aliphatic heterocycles. The number of thiophene rings is 1. The molecule has 1 aromatic heterocycles. The molecule has 0 radical (unpaired) electrons. The molecule has 1 atom stereocenters. The van der Waals surface area contributed by atoms with Crippen LogP contribution in [0.1, 0.15) is 11.0 Å². The zero-order valence-corrected chi connectivity index (χ0v) is 12.3. The summed E-state index contributed by atoms with van der Waals surface area (Å²) in [6.07, 6.45) is -0.155. The third-order valence-electron chi connectivity index (χ3n) is 2.46. The van der Waals surface area contributed by atoms with Crippen LogP contribution < -0.4 is 15.2 Å². The number of rotatable bonds is 5. The Morgan fingerprint density at radius 2 is 1.94 bits per heavy atom. The zero-order valence-electron chi connectivity index (χ0n) is 9.93. The van der Waals surface area contributed by atoms with Gasteiger partial charge in [0.1, 0.15) is 6.10 Å². The van der Waals surface area contributed by atoms with Crippen LogP contribution in [0.5, 0.6) is 11.5 Å². The van der Waals surface area contributed by atoms with E-state index in [4.69, 9.17) is 15.2 Å². The fourth-order valence-electron chi connectivity index (χ4n) is 1.59. The van der Waals surface area contributed by atoms with Gasteiger partial charge in [0, 0.05) is 11.4 Å². The topological polar surface area (TPSA) is 44.5 Å². The van der Waals surface area contributed by atoms with E-state index in [1.165, 1.54) is 0 Å². The number of hydrogen-bond acceptors (Lipinski definition) is 4. The second-order valence-electron chi connectivity index (χ2n) is 3.63. The van der Waals surface area contributed by atoms with E-state index in [1.807, 2.05) is 36.4 Å². The third-order valence-corrected chi connectivity index (χ3v) is 4.18. The summed E-state index contributed by atoms with van der Waals surface area (Å²) >= 11 is 5.06. The highest BCUT2D eigenvalue weighted by Gasteiger charge is 2.15. The Kier molecular flexibility index (Phi) is 4.63. The van der Waals surface area contributed by atoms with Gasteiger partial charge in [-0.1, -0.05) is 12.1 Å². The van der Waals surface area contributed by atoms with Crippen molar-refractivity contribution in [3.8, 4) is 11.5 Å². The van der Waals surface area contributed by atoms with Crippen LogP contribution >= 0.6 is 27.3 Å². The number of halogens is 1. The van der Waals surface area contributed by atoms with Crippen molar-refractivity contribution in [1.82, 2.24) is 0 Å². The fraction of sp³-hybridized carbons (Fsp3) is 0.231. The summed E-state index contributed by atoms with van der Waals surface area (Å²) in [5, 5.41) is 0. The number of methoxy groups -OCH3 is 1. The van der Waals surface area contributed by atoms with E-state index in [0.717, 1.165) is 8.66 Å². The quantitative estimate of drug-likeness (QED) is 0.912. The molecule has 0 aliphatic carbocycles. The highest BCUT2D eigenvalue weighted by Crippen LogP contribution is 2.33. The Bertz CT molecular complexity index is 515. The van der Waals surface area contributed by atoms with Crippen LogP contribution in [0.15, 0.2) is 40.2 Å². The molecular weight excluding hydrogens is 314 g/mol.